The Morgan fingerprint density at radius 1 is 0.511 bits per heavy atom. The summed E-state index contributed by atoms with van der Waals surface area (Å²) in [6.07, 6.45) is -0.141. The first-order valence-electron chi connectivity index (χ1n) is 27.6. The summed E-state index contributed by atoms with van der Waals surface area (Å²) in [5.41, 5.74) is 4.34. The maximum Gasteiger partial charge on any atom is 0.335 e. The van der Waals surface area contributed by atoms with Gasteiger partial charge in [0.15, 0.2) is 11.6 Å². The first kappa shape index (κ1) is 59.3. The molecule has 0 amide bonds. The largest absolute Gasteiger partial charge is 0.478 e. The lowest BCUT2D eigenvalue weighted by Crippen LogP contribution is -2.18. The number of carbonyl (C=O) groups is 2. The topological polar surface area (TPSA) is 221 Å². The lowest BCUT2D eigenvalue weighted by molar-refractivity contribution is 0.0686. The van der Waals surface area contributed by atoms with Gasteiger partial charge in [0.05, 0.1) is 106 Å². The zero-order chi connectivity index (χ0) is 61.9. The minimum Gasteiger partial charge on any atom is -0.478 e. The quantitative estimate of drug-likeness (QED) is 0.0860. The molecule has 16 nitrogen and oxygen atoms in total. The molecule has 12 rings (SSSR count). The molecule has 2 aliphatic heterocycles. The molecular weight excluding hydrogens is 1150 g/mol. The number of fused-ring (bicyclic) bond motifs is 2. The van der Waals surface area contributed by atoms with E-state index in [0.717, 1.165) is 36.4 Å². The fourth-order valence-corrected chi connectivity index (χ4v) is 10.7. The van der Waals surface area contributed by atoms with Crippen molar-refractivity contribution in [2.45, 2.75) is 52.0 Å². The smallest absolute Gasteiger partial charge is 0.335 e. The molecule has 6 heterocycles. The van der Waals surface area contributed by atoms with E-state index >= 15 is 17.6 Å². The Bertz CT molecular complexity index is 4150. The van der Waals surface area contributed by atoms with Gasteiger partial charge < -0.3 is 38.3 Å². The second-order valence-electron chi connectivity index (χ2n) is 21.3. The van der Waals surface area contributed by atoms with Gasteiger partial charge in [-0.3, -0.25) is 0 Å². The number of hydrogen-bond donors (Lipinski definition) is 2. The molecule has 88 heavy (non-hydrogen) atoms. The van der Waals surface area contributed by atoms with Crippen LogP contribution in [0.2, 0.25) is 0 Å². The third-order valence-electron chi connectivity index (χ3n) is 15.4. The van der Waals surface area contributed by atoms with E-state index in [1.807, 2.05) is 35.1 Å². The first-order chi connectivity index (χ1) is 42.4. The van der Waals surface area contributed by atoms with Gasteiger partial charge in [0, 0.05) is 35.8 Å². The van der Waals surface area contributed by atoms with Crippen molar-refractivity contribution in [2.75, 3.05) is 26.4 Å². The molecule has 2 saturated heterocycles. The molecule has 2 fully saturated rings. The van der Waals surface area contributed by atoms with Crippen molar-refractivity contribution in [2.24, 2.45) is 11.8 Å². The zero-order valence-electron chi connectivity index (χ0n) is 46.9. The van der Waals surface area contributed by atoms with Gasteiger partial charge >= 0.3 is 11.9 Å². The molecule has 444 valence electrons. The van der Waals surface area contributed by atoms with E-state index in [2.05, 4.69) is 19.9 Å². The van der Waals surface area contributed by atoms with Crippen LogP contribution in [0.5, 0.6) is 11.8 Å². The Labute approximate surface area is 498 Å². The van der Waals surface area contributed by atoms with Crippen LogP contribution >= 0.6 is 0 Å². The van der Waals surface area contributed by atoms with Gasteiger partial charge in [0.2, 0.25) is 0 Å². The number of hydrogen-bond acceptors (Lipinski definition) is 12. The summed E-state index contributed by atoms with van der Waals surface area (Å²) in [7, 11) is 0. The maximum atomic E-state index is 15.6. The van der Waals surface area contributed by atoms with E-state index in [1.165, 1.54) is 36.4 Å². The van der Waals surface area contributed by atoms with Gasteiger partial charge in [-0.1, -0.05) is 38.1 Å². The number of imidazole rings is 2. The van der Waals surface area contributed by atoms with E-state index in [0.29, 0.717) is 82.4 Å². The monoisotopic (exact) mass is 1200 g/mol. The highest BCUT2D eigenvalue weighted by atomic mass is 19.1. The number of nitrogens with zero attached hydrogens (tertiary/aromatic N) is 8. The molecule has 10 aromatic rings. The standard InChI is InChI=1S/2C33H25F3N4O4/c2*1-18-15-43-17-30(18)40-29-11-21(33(41)42)6-8-28(29)38-31(40)12-22-10-26(36)23(13-25(22)35)27-9-7-24(34)32(39-27)44-16-20-4-2-19(14-37)3-5-20/h2*2-11,13,18,30H,12,15-17H2,1H3,(H,41,42)/t2*18-,30+/m00/s1. The Balaban J connectivity index is 0.000000182. The third kappa shape index (κ3) is 12.5. The molecule has 22 heteroatoms. The zero-order valence-corrected chi connectivity index (χ0v) is 46.9. The highest BCUT2D eigenvalue weighted by Crippen LogP contribution is 2.37. The SMILES string of the molecule is C[C@H]1COC[C@H]1n1c(Cc2cc(F)c(-c3ccc(F)c(OCc4ccc(C#N)cc4)n3)cc2F)nc2ccc(C(=O)O)cc21.C[C@H]1COC[C@H]1n1c(Cc2cc(F)c(-c3ccc(F)c(OCc4ccc(C#N)cc4)n3)cc2F)nc2ccc(C(=O)O)cc21. The summed E-state index contributed by atoms with van der Waals surface area (Å²) in [6.45, 7) is 5.66. The predicted octanol–water partition coefficient (Wildman–Crippen LogP) is 12.9. The molecule has 2 N–H and O–H groups in total. The summed E-state index contributed by atoms with van der Waals surface area (Å²) < 4.78 is 117. The van der Waals surface area contributed by atoms with Crippen molar-refractivity contribution in [3.63, 3.8) is 0 Å². The average molecular weight is 1200 g/mol. The van der Waals surface area contributed by atoms with Crippen LogP contribution in [0.1, 0.15) is 91.7 Å². The third-order valence-corrected chi connectivity index (χ3v) is 15.4. The lowest BCUT2D eigenvalue weighted by Gasteiger charge is -2.20. The minimum atomic E-state index is -1.09. The van der Waals surface area contributed by atoms with Crippen molar-refractivity contribution >= 4 is 34.0 Å². The van der Waals surface area contributed by atoms with Crippen LogP contribution in [-0.2, 0) is 35.5 Å². The van der Waals surface area contributed by atoms with Gasteiger partial charge in [0.25, 0.3) is 11.8 Å². The van der Waals surface area contributed by atoms with Crippen LogP contribution < -0.4 is 9.47 Å². The number of carboxylic acids is 2. The molecule has 0 unspecified atom stereocenters. The van der Waals surface area contributed by atoms with Gasteiger partial charge in [-0.25, -0.2) is 55.9 Å². The normalized spacial score (nSPS) is 16.2. The van der Waals surface area contributed by atoms with Crippen LogP contribution in [0, 0.1) is 69.4 Å². The summed E-state index contributed by atoms with van der Waals surface area (Å²) in [5.74, 6) is -6.39. The van der Waals surface area contributed by atoms with Crippen molar-refractivity contribution in [3.05, 3.63) is 225 Å². The van der Waals surface area contributed by atoms with E-state index in [1.54, 1.807) is 60.7 Å². The van der Waals surface area contributed by atoms with Crippen LogP contribution in [-0.4, -0.2) is 77.6 Å². The Morgan fingerprint density at radius 3 is 1.26 bits per heavy atom. The molecule has 4 atom stereocenters. The Hall–Kier alpha value is -10.4. The van der Waals surface area contributed by atoms with Gasteiger partial charge in [-0.15, -0.1) is 0 Å². The molecular formula is C66H50F6N8O8. The van der Waals surface area contributed by atoms with Crippen molar-refractivity contribution < 1.29 is 65.1 Å². The van der Waals surface area contributed by atoms with Crippen LogP contribution in [0.25, 0.3) is 44.6 Å². The van der Waals surface area contributed by atoms with E-state index in [4.69, 9.17) is 29.5 Å². The molecule has 0 radical (unpaired) electrons. The summed E-state index contributed by atoms with van der Waals surface area (Å²) in [6, 6.07) is 34.6. The average Bonchev–Trinajstić information content (AvgIpc) is 1.98. The number of carboxylic acid groups (broad SMARTS) is 2. The van der Waals surface area contributed by atoms with Crippen LogP contribution in [0.3, 0.4) is 0 Å². The van der Waals surface area contributed by atoms with Crippen molar-refractivity contribution in [1.29, 1.82) is 10.5 Å². The highest BCUT2D eigenvalue weighted by molar-refractivity contribution is 5.93. The molecule has 6 aromatic carbocycles. The van der Waals surface area contributed by atoms with Gasteiger partial charge in [-0.2, -0.15) is 10.5 Å². The molecule has 4 aromatic heterocycles. The summed E-state index contributed by atoms with van der Waals surface area (Å²) in [4.78, 5) is 40.8. The van der Waals surface area contributed by atoms with Crippen molar-refractivity contribution in [1.82, 2.24) is 29.1 Å². The minimum absolute atomic E-state index is 0.0189. The molecule has 0 saturated carbocycles. The second-order valence-corrected chi connectivity index (χ2v) is 21.3. The maximum absolute atomic E-state index is 15.6. The van der Waals surface area contributed by atoms with Crippen molar-refractivity contribution in [3.8, 4) is 46.4 Å². The molecule has 0 bridgehead atoms. The Kier molecular flexibility index (Phi) is 17.0. The number of aromatic carboxylic acids is 2. The van der Waals surface area contributed by atoms with E-state index in [9.17, 15) is 28.6 Å². The number of aromatic nitrogens is 6. The van der Waals surface area contributed by atoms with E-state index < -0.39 is 46.8 Å². The van der Waals surface area contributed by atoms with Crippen LogP contribution in [0.4, 0.5) is 26.3 Å². The summed E-state index contributed by atoms with van der Waals surface area (Å²) >= 11 is 0. The first-order valence-corrected chi connectivity index (χ1v) is 27.6. The highest BCUT2D eigenvalue weighted by Gasteiger charge is 2.32. The van der Waals surface area contributed by atoms with Gasteiger partial charge in [-0.05, 0) is 131 Å². The second kappa shape index (κ2) is 25.3. The molecule has 0 spiro atoms. The Morgan fingerprint density at radius 2 is 0.909 bits per heavy atom. The predicted molar refractivity (Wildman–Crippen MR) is 307 cm³/mol. The number of ether oxygens (including phenoxy) is 4. The summed E-state index contributed by atoms with van der Waals surface area (Å²) in [5, 5.41) is 36.9. The van der Waals surface area contributed by atoms with Crippen LogP contribution in [0.15, 0.2) is 133 Å². The molecule has 2 aliphatic rings. The number of rotatable bonds is 16. The van der Waals surface area contributed by atoms with Gasteiger partial charge in [0.1, 0.15) is 48.1 Å². The fraction of sp³-hybridized carbons (Fsp3) is 0.212. The molecule has 0 aliphatic carbocycles. The number of pyridine rings is 2. The number of benzene rings is 6. The lowest BCUT2D eigenvalue weighted by atomic mass is 10.0. The number of halogens is 6. The fourth-order valence-electron chi connectivity index (χ4n) is 10.7. The van der Waals surface area contributed by atoms with E-state index in [-0.39, 0.29) is 107 Å². The number of nitriles is 2.